The highest BCUT2D eigenvalue weighted by Gasteiger charge is 2.26. The number of nitrogens with zero attached hydrogens (tertiary/aromatic N) is 1. The van der Waals surface area contributed by atoms with Gasteiger partial charge in [0.1, 0.15) is 5.75 Å². The maximum atomic E-state index is 6.36. The van der Waals surface area contributed by atoms with E-state index in [1.54, 1.807) is 7.11 Å². The third-order valence-electron chi connectivity index (χ3n) is 3.87. The van der Waals surface area contributed by atoms with Crippen molar-refractivity contribution in [2.75, 3.05) is 20.2 Å². The molecule has 0 radical (unpaired) electrons. The minimum atomic E-state index is 0.0521. The lowest BCUT2D eigenvalue weighted by atomic mass is 10.1. The molecule has 1 aliphatic rings. The first-order valence-corrected chi connectivity index (χ1v) is 7.23. The van der Waals surface area contributed by atoms with E-state index in [4.69, 9.17) is 10.5 Å². The van der Waals surface area contributed by atoms with Crippen molar-refractivity contribution < 1.29 is 4.74 Å². The van der Waals surface area contributed by atoms with E-state index in [0.29, 0.717) is 6.04 Å². The smallest absolute Gasteiger partial charge is 0.119 e. The van der Waals surface area contributed by atoms with Crippen LogP contribution in [0.3, 0.4) is 0 Å². The Morgan fingerprint density at radius 3 is 2.68 bits per heavy atom. The molecule has 0 spiro atoms. The van der Waals surface area contributed by atoms with Crippen molar-refractivity contribution in [2.45, 2.75) is 38.8 Å². The monoisotopic (exact) mass is 262 g/mol. The first-order valence-electron chi connectivity index (χ1n) is 7.23. The van der Waals surface area contributed by atoms with Gasteiger partial charge in [-0.15, -0.1) is 0 Å². The molecule has 0 aromatic heterocycles. The van der Waals surface area contributed by atoms with Gasteiger partial charge in [0.15, 0.2) is 0 Å². The second-order valence-corrected chi connectivity index (χ2v) is 5.87. The summed E-state index contributed by atoms with van der Waals surface area (Å²) in [6.45, 7) is 6.61. The van der Waals surface area contributed by atoms with Crippen LogP contribution in [0.5, 0.6) is 5.75 Å². The Kier molecular flexibility index (Phi) is 4.83. The summed E-state index contributed by atoms with van der Waals surface area (Å²) in [5.41, 5.74) is 7.51. The predicted octanol–water partition coefficient (Wildman–Crippen LogP) is 2.82. The highest BCUT2D eigenvalue weighted by Crippen LogP contribution is 2.31. The van der Waals surface area contributed by atoms with Crippen molar-refractivity contribution in [1.29, 1.82) is 0 Å². The zero-order valence-electron chi connectivity index (χ0n) is 12.3. The zero-order chi connectivity index (χ0) is 13.8. The average molecular weight is 262 g/mol. The number of ether oxygens (including phenoxy) is 1. The Hall–Kier alpha value is -1.06. The van der Waals surface area contributed by atoms with Gasteiger partial charge >= 0.3 is 0 Å². The van der Waals surface area contributed by atoms with Gasteiger partial charge in [0.2, 0.25) is 0 Å². The Morgan fingerprint density at radius 2 is 2.11 bits per heavy atom. The van der Waals surface area contributed by atoms with E-state index in [0.717, 1.165) is 23.8 Å². The fraction of sp³-hybridized carbons (Fsp3) is 0.625. The summed E-state index contributed by atoms with van der Waals surface area (Å²) in [6, 6.07) is 8.70. The van der Waals surface area contributed by atoms with Crippen molar-refractivity contribution in [3.8, 4) is 5.75 Å². The lowest BCUT2D eigenvalue weighted by Crippen LogP contribution is -2.38. The van der Waals surface area contributed by atoms with Crippen LogP contribution in [0.2, 0.25) is 0 Å². The fourth-order valence-corrected chi connectivity index (χ4v) is 2.36. The Balaban J connectivity index is 1.98. The van der Waals surface area contributed by atoms with E-state index in [9.17, 15) is 0 Å². The van der Waals surface area contributed by atoms with E-state index in [2.05, 4.69) is 24.8 Å². The number of methoxy groups -OCH3 is 1. The molecule has 0 amide bonds. The fourth-order valence-electron chi connectivity index (χ4n) is 2.36. The van der Waals surface area contributed by atoms with Crippen LogP contribution in [0.15, 0.2) is 24.3 Å². The Labute approximate surface area is 116 Å². The van der Waals surface area contributed by atoms with Crippen molar-refractivity contribution in [3.05, 3.63) is 29.8 Å². The lowest BCUT2D eigenvalue weighted by Gasteiger charge is -2.29. The molecule has 1 aliphatic carbocycles. The number of rotatable bonds is 7. The molecule has 0 saturated heterocycles. The van der Waals surface area contributed by atoms with Gasteiger partial charge in [0.25, 0.3) is 0 Å². The lowest BCUT2D eigenvalue weighted by molar-refractivity contribution is 0.200. The Bertz CT molecular complexity index is 401. The summed E-state index contributed by atoms with van der Waals surface area (Å²) in [6.07, 6.45) is 2.77. The van der Waals surface area contributed by atoms with E-state index >= 15 is 0 Å². The van der Waals surface area contributed by atoms with Gasteiger partial charge < -0.3 is 10.5 Å². The summed E-state index contributed by atoms with van der Waals surface area (Å²) >= 11 is 0. The van der Waals surface area contributed by atoms with E-state index in [-0.39, 0.29) is 6.04 Å². The molecule has 1 aromatic rings. The molecule has 106 valence electrons. The molecule has 2 rings (SSSR count). The molecule has 1 atom stereocenters. The largest absolute Gasteiger partial charge is 0.497 e. The number of benzene rings is 1. The number of nitrogens with two attached hydrogens (primary N) is 1. The first-order chi connectivity index (χ1) is 9.10. The SMILES string of the molecule is COc1cccc(C(N)CN(CC2CC2)C(C)C)c1. The Morgan fingerprint density at radius 1 is 1.37 bits per heavy atom. The summed E-state index contributed by atoms with van der Waals surface area (Å²) in [7, 11) is 1.69. The molecule has 3 heteroatoms. The van der Waals surface area contributed by atoms with E-state index < -0.39 is 0 Å². The van der Waals surface area contributed by atoms with Gasteiger partial charge in [-0.1, -0.05) is 12.1 Å². The molecule has 3 nitrogen and oxygen atoms in total. The summed E-state index contributed by atoms with van der Waals surface area (Å²) in [5.74, 6) is 1.78. The van der Waals surface area contributed by atoms with E-state index in [1.165, 1.54) is 19.4 Å². The molecule has 1 unspecified atom stereocenters. The third kappa shape index (κ3) is 4.22. The van der Waals surface area contributed by atoms with Crippen LogP contribution in [-0.2, 0) is 0 Å². The van der Waals surface area contributed by atoms with Gasteiger partial charge in [0.05, 0.1) is 7.11 Å². The minimum Gasteiger partial charge on any atom is -0.497 e. The molecule has 0 heterocycles. The molecular weight excluding hydrogens is 236 g/mol. The van der Waals surface area contributed by atoms with Crippen molar-refractivity contribution in [1.82, 2.24) is 4.90 Å². The zero-order valence-corrected chi connectivity index (χ0v) is 12.3. The highest BCUT2D eigenvalue weighted by atomic mass is 16.5. The van der Waals surface area contributed by atoms with Crippen LogP contribution in [0, 0.1) is 5.92 Å². The second kappa shape index (κ2) is 6.40. The van der Waals surface area contributed by atoms with E-state index in [1.807, 2.05) is 18.2 Å². The standard InChI is InChI=1S/C16H26N2O/c1-12(2)18(10-13-7-8-13)11-16(17)14-5-4-6-15(9-14)19-3/h4-6,9,12-13,16H,7-8,10-11,17H2,1-3H3. The van der Waals surface area contributed by atoms with Crippen molar-refractivity contribution >= 4 is 0 Å². The molecule has 19 heavy (non-hydrogen) atoms. The van der Waals surface area contributed by atoms with Crippen molar-refractivity contribution in [2.24, 2.45) is 11.7 Å². The average Bonchev–Trinajstić information content (AvgIpc) is 3.21. The summed E-state index contributed by atoms with van der Waals surface area (Å²) in [5, 5.41) is 0. The van der Waals surface area contributed by atoms with Gasteiger partial charge in [-0.3, -0.25) is 4.90 Å². The summed E-state index contributed by atoms with van der Waals surface area (Å²) in [4.78, 5) is 2.50. The highest BCUT2D eigenvalue weighted by molar-refractivity contribution is 5.30. The van der Waals surface area contributed by atoms with Crippen LogP contribution < -0.4 is 10.5 Å². The van der Waals surface area contributed by atoms with Crippen LogP contribution in [0.4, 0.5) is 0 Å². The van der Waals surface area contributed by atoms with Crippen molar-refractivity contribution in [3.63, 3.8) is 0 Å². The molecule has 0 aliphatic heterocycles. The minimum absolute atomic E-state index is 0.0521. The van der Waals surface area contributed by atoms with Gasteiger partial charge in [-0.2, -0.15) is 0 Å². The van der Waals surface area contributed by atoms with Gasteiger partial charge in [-0.05, 0) is 50.3 Å². The van der Waals surface area contributed by atoms with Crippen LogP contribution in [0.1, 0.15) is 38.3 Å². The topological polar surface area (TPSA) is 38.5 Å². The first kappa shape index (κ1) is 14.4. The maximum Gasteiger partial charge on any atom is 0.119 e. The molecule has 1 saturated carbocycles. The molecule has 0 bridgehead atoms. The van der Waals surface area contributed by atoms with Crippen LogP contribution in [-0.4, -0.2) is 31.1 Å². The quantitative estimate of drug-likeness (QED) is 0.821. The maximum absolute atomic E-state index is 6.36. The normalized spacial score (nSPS) is 16.9. The van der Waals surface area contributed by atoms with Crippen LogP contribution in [0.25, 0.3) is 0 Å². The van der Waals surface area contributed by atoms with Gasteiger partial charge in [-0.25, -0.2) is 0 Å². The van der Waals surface area contributed by atoms with Crippen LogP contribution >= 0.6 is 0 Å². The molecule has 1 aromatic carbocycles. The second-order valence-electron chi connectivity index (χ2n) is 5.87. The van der Waals surface area contributed by atoms with Gasteiger partial charge in [0, 0.05) is 25.2 Å². The number of hydrogen-bond acceptors (Lipinski definition) is 3. The molecular formula is C16H26N2O. The third-order valence-corrected chi connectivity index (χ3v) is 3.87. The molecule has 2 N–H and O–H groups in total. The summed E-state index contributed by atoms with van der Waals surface area (Å²) < 4.78 is 5.26. The molecule has 1 fully saturated rings. The number of hydrogen-bond donors (Lipinski definition) is 1. The predicted molar refractivity (Wildman–Crippen MR) is 79.4 cm³/mol.